The number of aromatic nitrogens is 1. The van der Waals surface area contributed by atoms with Gasteiger partial charge in [0, 0.05) is 56.5 Å². The van der Waals surface area contributed by atoms with Gasteiger partial charge >= 0.3 is 0 Å². The van der Waals surface area contributed by atoms with Gasteiger partial charge in [0.25, 0.3) is 11.8 Å². The van der Waals surface area contributed by atoms with Crippen molar-refractivity contribution in [2.24, 2.45) is 0 Å². The van der Waals surface area contributed by atoms with Gasteiger partial charge in [0.15, 0.2) is 0 Å². The van der Waals surface area contributed by atoms with Crippen LogP contribution >= 0.6 is 0 Å². The van der Waals surface area contributed by atoms with Gasteiger partial charge in [-0.15, -0.1) is 0 Å². The van der Waals surface area contributed by atoms with Crippen LogP contribution in [0.2, 0.25) is 0 Å². The number of H-pyrrole nitrogens is 1. The van der Waals surface area contributed by atoms with Gasteiger partial charge in [-0.3, -0.25) is 4.79 Å². The lowest BCUT2D eigenvalue weighted by Crippen LogP contribution is -2.48. The first kappa shape index (κ1) is 20.2. The van der Waals surface area contributed by atoms with Crippen LogP contribution in [-0.2, 0) is 0 Å². The van der Waals surface area contributed by atoms with E-state index in [4.69, 9.17) is 0 Å². The van der Waals surface area contributed by atoms with Gasteiger partial charge < -0.3 is 19.9 Å². The van der Waals surface area contributed by atoms with Crippen molar-refractivity contribution < 1.29 is 23.1 Å². The van der Waals surface area contributed by atoms with Gasteiger partial charge in [0.2, 0.25) is 0 Å². The number of nitrogens with one attached hydrogen (secondary N) is 1. The van der Waals surface area contributed by atoms with Crippen LogP contribution in [-0.4, -0.2) is 70.0 Å². The van der Waals surface area contributed by atoms with E-state index >= 15 is 0 Å². The molecule has 2 aliphatic heterocycles. The number of aliphatic hydroxyl groups is 1. The summed E-state index contributed by atoms with van der Waals surface area (Å²) in [4.78, 5) is 19.5. The van der Waals surface area contributed by atoms with Crippen molar-refractivity contribution >= 4 is 16.8 Å². The Hall–Kier alpha value is -2.06. The molecule has 8 heteroatoms. The number of benzene rings is 1. The maximum Gasteiger partial charge on any atom is 0.270 e. The van der Waals surface area contributed by atoms with Gasteiger partial charge in [0.1, 0.15) is 11.5 Å². The molecule has 4 rings (SSSR count). The molecule has 0 radical (unpaired) electrons. The highest BCUT2D eigenvalue weighted by Crippen LogP contribution is 2.31. The Morgan fingerprint density at radius 2 is 1.83 bits per heavy atom. The molecule has 158 valence electrons. The fraction of sp³-hybridized carbons (Fsp3) is 0.571. The maximum absolute atomic E-state index is 13.4. The first-order valence-corrected chi connectivity index (χ1v) is 10.1. The summed E-state index contributed by atoms with van der Waals surface area (Å²) >= 11 is 0. The summed E-state index contributed by atoms with van der Waals surface area (Å²) in [5, 5.41) is 11.8. The Balaban J connectivity index is 1.39. The number of likely N-dealkylation sites (tertiary alicyclic amines) is 2. The molecule has 2 aliphatic rings. The summed E-state index contributed by atoms with van der Waals surface area (Å²) in [6.07, 6.45) is 1.23. The minimum Gasteiger partial charge on any atom is -0.388 e. The van der Waals surface area contributed by atoms with Crippen molar-refractivity contribution in [1.82, 2.24) is 14.8 Å². The van der Waals surface area contributed by atoms with Crippen LogP contribution in [0.4, 0.5) is 13.2 Å². The molecule has 3 heterocycles. The predicted octanol–water partition coefficient (Wildman–Crippen LogP) is 3.40. The van der Waals surface area contributed by atoms with Crippen molar-refractivity contribution in [3.63, 3.8) is 0 Å². The average Bonchev–Trinajstić information content (AvgIpc) is 2.99. The number of hydrogen-bond acceptors (Lipinski definition) is 3. The van der Waals surface area contributed by atoms with Gasteiger partial charge in [-0.1, -0.05) is 0 Å². The molecule has 1 atom stereocenters. The van der Waals surface area contributed by atoms with Crippen LogP contribution in [0.25, 0.3) is 10.9 Å². The second-order valence-corrected chi connectivity index (χ2v) is 8.42. The Bertz CT molecular complexity index is 890. The number of halogens is 3. The molecule has 1 aromatic carbocycles. The zero-order valence-electron chi connectivity index (χ0n) is 16.3. The summed E-state index contributed by atoms with van der Waals surface area (Å²) < 4.78 is 40.1. The highest BCUT2D eigenvalue weighted by atomic mass is 19.3. The molecule has 29 heavy (non-hydrogen) atoms. The Kier molecular flexibility index (Phi) is 5.33. The third-order valence-electron chi connectivity index (χ3n) is 6.12. The Morgan fingerprint density at radius 3 is 2.59 bits per heavy atom. The number of β-amino-alcohol motifs (C(OH)–C–C–N with tert-alkyl or cyclic N) is 1. The highest BCUT2D eigenvalue weighted by Gasteiger charge is 2.38. The van der Waals surface area contributed by atoms with Crippen LogP contribution in [0.1, 0.15) is 42.6 Å². The molecule has 0 spiro atoms. The van der Waals surface area contributed by atoms with Crippen LogP contribution in [0.5, 0.6) is 0 Å². The molecule has 0 bridgehead atoms. The standard InChI is InChI=1S/C21H26F3N3O2/c22-16-3-2-15-12-18(25-17(15)13-16)19(28)27-8-1-4-20(29,5-11-27)14-26-9-6-21(23,24)7-10-26/h2-3,12-13,25,29H,1,4-11,14H2/t20-/m1/s1. The molecule has 2 fully saturated rings. The van der Waals surface area contributed by atoms with Gasteiger partial charge in [-0.25, -0.2) is 13.2 Å². The van der Waals surface area contributed by atoms with Crippen molar-refractivity contribution in [3.8, 4) is 0 Å². The predicted molar refractivity (Wildman–Crippen MR) is 104 cm³/mol. The number of carbonyl (C=O) groups is 1. The number of nitrogens with zero attached hydrogens (tertiary/aromatic N) is 2. The molecule has 0 unspecified atom stereocenters. The highest BCUT2D eigenvalue weighted by molar-refractivity contribution is 5.98. The van der Waals surface area contributed by atoms with Crippen LogP contribution in [0.15, 0.2) is 24.3 Å². The molecule has 0 aliphatic carbocycles. The minimum absolute atomic E-state index is 0.172. The van der Waals surface area contributed by atoms with Gasteiger partial charge in [0.05, 0.1) is 5.60 Å². The maximum atomic E-state index is 13.4. The van der Waals surface area contributed by atoms with Crippen molar-refractivity contribution in [3.05, 3.63) is 35.8 Å². The van der Waals surface area contributed by atoms with E-state index in [9.17, 15) is 23.1 Å². The summed E-state index contributed by atoms with van der Waals surface area (Å²) in [5.41, 5.74) is -0.0125. The van der Waals surface area contributed by atoms with Crippen molar-refractivity contribution in [2.75, 3.05) is 32.7 Å². The topological polar surface area (TPSA) is 59.6 Å². The lowest BCUT2D eigenvalue weighted by atomic mass is 9.93. The average molecular weight is 409 g/mol. The van der Waals surface area contributed by atoms with E-state index in [1.165, 1.54) is 12.1 Å². The van der Waals surface area contributed by atoms with Crippen LogP contribution in [0, 0.1) is 5.82 Å². The number of fused-ring (bicyclic) bond motifs is 1. The van der Waals surface area contributed by atoms with E-state index in [-0.39, 0.29) is 37.7 Å². The quantitative estimate of drug-likeness (QED) is 0.817. The van der Waals surface area contributed by atoms with E-state index in [0.717, 1.165) is 5.39 Å². The van der Waals surface area contributed by atoms with E-state index in [1.807, 2.05) is 4.90 Å². The molecule has 1 amide bonds. The summed E-state index contributed by atoms with van der Waals surface area (Å²) in [6, 6.07) is 6.05. The van der Waals surface area contributed by atoms with Crippen molar-refractivity contribution in [2.45, 2.75) is 43.6 Å². The lowest BCUT2D eigenvalue weighted by Gasteiger charge is -2.37. The number of piperidine rings is 1. The van der Waals surface area contributed by atoms with E-state index < -0.39 is 11.5 Å². The van der Waals surface area contributed by atoms with Gasteiger partial charge in [-0.05, 0) is 43.5 Å². The normalized spacial score (nSPS) is 25.9. The van der Waals surface area contributed by atoms with E-state index in [2.05, 4.69) is 4.98 Å². The number of amides is 1. The lowest BCUT2D eigenvalue weighted by molar-refractivity contribution is -0.0768. The fourth-order valence-electron chi connectivity index (χ4n) is 4.38. The first-order valence-electron chi connectivity index (χ1n) is 10.1. The smallest absolute Gasteiger partial charge is 0.270 e. The molecule has 1 aromatic heterocycles. The Labute approximate surface area is 167 Å². The van der Waals surface area contributed by atoms with E-state index in [1.54, 1.807) is 17.0 Å². The molecule has 2 aromatic rings. The molecular formula is C21H26F3N3O2. The zero-order chi connectivity index (χ0) is 20.6. The number of carbonyl (C=O) groups excluding carboxylic acids is 1. The number of hydrogen-bond donors (Lipinski definition) is 2. The van der Waals surface area contributed by atoms with E-state index in [0.29, 0.717) is 50.1 Å². The summed E-state index contributed by atoms with van der Waals surface area (Å²) in [7, 11) is 0. The molecule has 2 saturated heterocycles. The fourth-order valence-corrected chi connectivity index (χ4v) is 4.38. The largest absolute Gasteiger partial charge is 0.388 e. The molecule has 0 saturated carbocycles. The zero-order valence-corrected chi connectivity index (χ0v) is 16.3. The Morgan fingerprint density at radius 1 is 1.07 bits per heavy atom. The minimum atomic E-state index is -2.60. The summed E-state index contributed by atoms with van der Waals surface area (Å²) in [5.74, 6) is -3.15. The molecular weight excluding hydrogens is 383 g/mol. The molecule has 5 nitrogen and oxygen atoms in total. The third-order valence-corrected chi connectivity index (χ3v) is 6.12. The van der Waals surface area contributed by atoms with Crippen molar-refractivity contribution in [1.29, 1.82) is 0 Å². The van der Waals surface area contributed by atoms with Gasteiger partial charge in [-0.2, -0.15) is 0 Å². The number of alkyl halides is 2. The SMILES string of the molecule is O=C(c1cc2ccc(F)cc2[nH]1)N1CCC[C@](O)(CN2CCC(F)(F)CC2)CC1. The molecule has 2 N–H and O–H groups in total. The second kappa shape index (κ2) is 7.65. The number of rotatable bonds is 3. The van der Waals surface area contributed by atoms with Crippen LogP contribution < -0.4 is 0 Å². The third kappa shape index (κ3) is 4.59. The summed E-state index contributed by atoms with van der Waals surface area (Å²) in [6.45, 7) is 1.83. The first-order chi connectivity index (χ1) is 13.7. The monoisotopic (exact) mass is 409 g/mol. The number of aromatic amines is 1. The second-order valence-electron chi connectivity index (χ2n) is 8.42. The van der Waals surface area contributed by atoms with Crippen LogP contribution in [0.3, 0.4) is 0 Å².